The van der Waals surface area contributed by atoms with Gasteiger partial charge in [0.05, 0.1) is 29.0 Å². The van der Waals surface area contributed by atoms with Gasteiger partial charge in [0, 0.05) is 5.56 Å². The molecule has 0 saturated carbocycles. The van der Waals surface area contributed by atoms with Crippen LogP contribution in [-0.2, 0) is 10.0 Å². The number of methoxy groups -OCH3 is 1. The number of benzene rings is 3. The van der Waals surface area contributed by atoms with Gasteiger partial charge in [0.2, 0.25) is 0 Å². The Bertz CT molecular complexity index is 1450. The van der Waals surface area contributed by atoms with Crippen molar-refractivity contribution in [2.24, 2.45) is 0 Å². The Labute approximate surface area is 193 Å². The predicted octanol–water partition coefficient (Wildman–Crippen LogP) is 4.30. The maximum absolute atomic E-state index is 13.6. The van der Waals surface area contributed by atoms with Gasteiger partial charge in [-0.05, 0) is 73.7 Å². The molecule has 3 aromatic carbocycles. The maximum atomic E-state index is 13.6. The first kappa shape index (κ1) is 22.6. The lowest BCUT2D eigenvalue weighted by atomic mass is 10.2. The Morgan fingerprint density at radius 1 is 1.00 bits per heavy atom. The van der Waals surface area contributed by atoms with Gasteiger partial charge < -0.3 is 13.9 Å². The van der Waals surface area contributed by atoms with Gasteiger partial charge in [-0.15, -0.1) is 0 Å². The third kappa shape index (κ3) is 4.48. The zero-order chi connectivity index (χ0) is 23.6. The Hall–Kier alpha value is -3.63. The van der Waals surface area contributed by atoms with Crippen molar-refractivity contribution in [3.05, 3.63) is 82.0 Å². The summed E-state index contributed by atoms with van der Waals surface area (Å²) in [6.07, 6.45) is 0. The minimum atomic E-state index is -4.32. The quantitative estimate of drug-likeness (QED) is 0.384. The Kier molecular flexibility index (Phi) is 6.21. The molecular weight excluding hydrogens is 466 g/mol. The van der Waals surface area contributed by atoms with E-state index in [9.17, 15) is 18.0 Å². The molecule has 1 amide bonds. The Balaban J connectivity index is 1.84. The molecule has 0 fully saturated rings. The minimum Gasteiger partial charge on any atom is -0.497 e. The molecule has 0 spiro atoms. The van der Waals surface area contributed by atoms with Gasteiger partial charge in [-0.25, -0.2) is 13.2 Å². The SMILES string of the molecule is CCOc1ccc(S(=O)(=O)N(C(=O)c2ccc(OC)cc2)c2ccc3oc(=O)sc3c2)cc1. The highest BCUT2D eigenvalue weighted by Gasteiger charge is 2.32. The third-order valence-corrected chi connectivity index (χ3v) is 7.26. The van der Waals surface area contributed by atoms with Crippen molar-refractivity contribution in [1.29, 1.82) is 0 Å². The molecule has 170 valence electrons. The fraction of sp³-hybridized carbons (Fsp3) is 0.130. The number of carbonyl (C=O) groups is 1. The molecule has 4 rings (SSSR count). The smallest absolute Gasteiger partial charge is 0.396 e. The average molecular weight is 486 g/mol. The molecule has 0 radical (unpaired) electrons. The Morgan fingerprint density at radius 3 is 2.30 bits per heavy atom. The third-order valence-electron chi connectivity index (χ3n) is 4.74. The summed E-state index contributed by atoms with van der Waals surface area (Å²) < 4.78 is 44.0. The highest BCUT2D eigenvalue weighted by Crippen LogP contribution is 2.31. The van der Waals surface area contributed by atoms with E-state index in [-0.39, 0.29) is 16.1 Å². The van der Waals surface area contributed by atoms with Crippen LogP contribution < -0.4 is 18.7 Å². The van der Waals surface area contributed by atoms with E-state index in [1.165, 1.54) is 61.7 Å². The van der Waals surface area contributed by atoms with Crippen LogP contribution in [0.4, 0.5) is 5.69 Å². The molecule has 4 aromatic rings. The summed E-state index contributed by atoms with van der Waals surface area (Å²) in [7, 11) is -2.83. The van der Waals surface area contributed by atoms with Crippen LogP contribution in [0.25, 0.3) is 10.3 Å². The first-order valence-corrected chi connectivity index (χ1v) is 12.1. The van der Waals surface area contributed by atoms with Gasteiger partial charge in [0.25, 0.3) is 15.9 Å². The van der Waals surface area contributed by atoms with Crippen molar-refractivity contribution < 1.29 is 27.1 Å². The fourth-order valence-corrected chi connectivity index (χ4v) is 5.29. The summed E-state index contributed by atoms with van der Waals surface area (Å²) in [5.74, 6) is 0.271. The van der Waals surface area contributed by atoms with Gasteiger partial charge in [-0.1, -0.05) is 11.3 Å². The molecule has 0 aliphatic heterocycles. The van der Waals surface area contributed by atoms with Gasteiger partial charge in [-0.3, -0.25) is 4.79 Å². The summed E-state index contributed by atoms with van der Waals surface area (Å²) in [5.41, 5.74) is 0.532. The van der Waals surface area contributed by atoms with Crippen molar-refractivity contribution in [3.8, 4) is 11.5 Å². The summed E-state index contributed by atoms with van der Waals surface area (Å²) in [5, 5.41) is 0. The van der Waals surface area contributed by atoms with E-state index in [0.717, 1.165) is 11.3 Å². The molecular formula is C23H19NO7S2. The highest BCUT2D eigenvalue weighted by atomic mass is 32.2. The molecule has 0 aliphatic rings. The van der Waals surface area contributed by atoms with E-state index in [0.29, 0.717) is 32.7 Å². The van der Waals surface area contributed by atoms with E-state index in [4.69, 9.17) is 13.9 Å². The number of fused-ring (bicyclic) bond motifs is 1. The van der Waals surface area contributed by atoms with Crippen LogP contribution >= 0.6 is 11.3 Å². The number of hydrogen-bond acceptors (Lipinski definition) is 8. The van der Waals surface area contributed by atoms with Gasteiger partial charge in [-0.2, -0.15) is 4.31 Å². The van der Waals surface area contributed by atoms with Crippen LogP contribution in [-0.4, -0.2) is 28.0 Å². The molecule has 0 bridgehead atoms. The van der Waals surface area contributed by atoms with Gasteiger partial charge >= 0.3 is 4.94 Å². The fourth-order valence-electron chi connectivity index (χ4n) is 3.18. The zero-order valence-corrected chi connectivity index (χ0v) is 19.3. The molecule has 0 unspecified atom stereocenters. The average Bonchev–Trinajstić information content (AvgIpc) is 3.19. The molecule has 0 aliphatic carbocycles. The summed E-state index contributed by atoms with van der Waals surface area (Å²) >= 11 is 0.822. The number of ether oxygens (including phenoxy) is 2. The summed E-state index contributed by atoms with van der Waals surface area (Å²) in [6, 6.07) is 16.2. The van der Waals surface area contributed by atoms with Crippen LogP contribution in [0.1, 0.15) is 17.3 Å². The number of carbonyl (C=O) groups excluding carboxylic acids is 1. The molecule has 1 aromatic heterocycles. The second-order valence-electron chi connectivity index (χ2n) is 6.79. The molecule has 10 heteroatoms. The van der Waals surface area contributed by atoms with Crippen LogP contribution in [0.5, 0.6) is 11.5 Å². The first-order chi connectivity index (χ1) is 15.8. The number of anilines is 1. The number of rotatable bonds is 7. The summed E-state index contributed by atoms with van der Waals surface area (Å²) in [4.78, 5) is 24.5. The predicted molar refractivity (Wildman–Crippen MR) is 125 cm³/mol. The van der Waals surface area contributed by atoms with E-state index >= 15 is 0 Å². The number of nitrogens with zero attached hydrogens (tertiary/aromatic N) is 1. The van der Waals surface area contributed by atoms with Crippen molar-refractivity contribution in [3.63, 3.8) is 0 Å². The van der Waals surface area contributed by atoms with E-state index in [1.54, 1.807) is 12.1 Å². The van der Waals surface area contributed by atoms with Gasteiger partial charge in [0.15, 0.2) is 0 Å². The lowest BCUT2D eigenvalue weighted by molar-refractivity contribution is 0.101. The maximum Gasteiger partial charge on any atom is 0.396 e. The van der Waals surface area contributed by atoms with Crippen LogP contribution in [0.15, 0.2) is 80.8 Å². The van der Waals surface area contributed by atoms with Crippen LogP contribution in [0.3, 0.4) is 0 Å². The number of hydrogen-bond donors (Lipinski definition) is 0. The van der Waals surface area contributed by atoms with Crippen molar-refractivity contribution in [2.45, 2.75) is 11.8 Å². The van der Waals surface area contributed by atoms with Crippen LogP contribution in [0.2, 0.25) is 0 Å². The molecule has 0 saturated heterocycles. The van der Waals surface area contributed by atoms with E-state index in [1.807, 2.05) is 6.92 Å². The number of amides is 1. The normalized spacial score (nSPS) is 11.3. The number of sulfonamides is 1. The largest absolute Gasteiger partial charge is 0.497 e. The highest BCUT2D eigenvalue weighted by molar-refractivity contribution is 7.93. The molecule has 0 atom stereocenters. The van der Waals surface area contributed by atoms with Crippen LogP contribution in [0, 0.1) is 0 Å². The standard InChI is InChI=1S/C23H19NO7S2/c1-3-30-18-9-11-19(12-10-18)33(27,28)24(22(25)15-4-7-17(29-2)8-5-15)16-6-13-20-21(14-16)32-23(26)31-20/h4-14H,3H2,1-2H3. The minimum absolute atomic E-state index is 0.0780. The van der Waals surface area contributed by atoms with Gasteiger partial charge in [0.1, 0.15) is 17.1 Å². The molecule has 8 nitrogen and oxygen atoms in total. The molecule has 1 heterocycles. The molecule has 33 heavy (non-hydrogen) atoms. The lowest BCUT2D eigenvalue weighted by Crippen LogP contribution is -2.37. The van der Waals surface area contributed by atoms with Crippen molar-refractivity contribution in [1.82, 2.24) is 0 Å². The van der Waals surface area contributed by atoms with E-state index in [2.05, 4.69) is 0 Å². The lowest BCUT2D eigenvalue weighted by Gasteiger charge is -2.23. The monoisotopic (exact) mass is 485 g/mol. The Morgan fingerprint density at radius 2 is 1.67 bits per heavy atom. The second kappa shape index (κ2) is 9.08. The summed E-state index contributed by atoms with van der Waals surface area (Å²) in [6.45, 7) is 2.25. The zero-order valence-electron chi connectivity index (χ0n) is 17.7. The second-order valence-corrected chi connectivity index (χ2v) is 9.56. The topological polar surface area (TPSA) is 103 Å². The van der Waals surface area contributed by atoms with Crippen molar-refractivity contribution >= 4 is 43.2 Å². The molecule has 0 N–H and O–H groups in total. The van der Waals surface area contributed by atoms with E-state index < -0.39 is 20.9 Å². The van der Waals surface area contributed by atoms with Crippen molar-refractivity contribution in [2.75, 3.05) is 18.0 Å². The first-order valence-electron chi connectivity index (χ1n) is 9.84.